The Morgan fingerprint density at radius 2 is 1.21 bits per heavy atom. The molecule has 0 saturated heterocycles. The minimum Gasteiger partial charge on any atom is -0.301 e. The monoisotopic (exact) mass is 425 g/mol. The van der Waals surface area contributed by atoms with Crippen molar-refractivity contribution < 1.29 is 0 Å². The Balaban J connectivity index is 1.57. The van der Waals surface area contributed by atoms with Crippen LogP contribution in [0.5, 0.6) is 0 Å². The van der Waals surface area contributed by atoms with E-state index in [0.29, 0.717) is 0 Å². The minimum atomic E-state index is 0.899. The van der Waals surface area contributed by atoms with Crippen LogP contribution in [0.2, 0.25) is 0 Å². The second-order valence-electron chi connectivity index (χ2n) is 8.08. The van der Waals surface area contributed by atoms with Crippen LogP contribution < -0.4 is 0 Å². The standard InChI is InChI=1S/C30H23N3/c1-2-3-4-12-22-21-32(26-16-8-5-13-23(22)26)29-19-11-20-30(31-29)33-27-17-9-6-14-24(27)25-15-7-10-18-28(25)33/h2-21H,1H3/b3-2-,12-4-. The second-order valence-corrected chi connectivity index (χ2v) is 8.08. The summed E-state index contributed by atoms with van der Waals surface area (Å²) < 4.78 is 4.44. The summed E-state index contributed by atoms with van der Waals surface area (Å²) in [5.74, 6) is 1.81. The molecular weight excluding hydrogens is 402 g/mol. The molecular formula is C30H23N3. The van der Waals surface area contributed by atoms with Crippen molar-refractivity contribution in [2.75, 3.05) is 0 Å². The summed E-state index contributed by atoms with van der Waals surface area (Å²) in [6.07, 6.45) is 10.5. The van der Waals surface area contributed by atoms with E-state index in [2.05, 4.69) is 118 Å². The Morgan fingerprint density at radius 3 is 1.91 bits per heavy atom. The summed E-state index contributed by atoms with van der Waals surface area (Å²) in [5, 5.41) is 3.69. The van der Waals surface area contributed by atoms with Gasteiger partial charge in [-0.3, -0.25) is 4.57 Å². The van der Waals surface area contributed by atoms with Crippen molar-refractivity contribution in [2.45, 2.75) is 6.92 Å². The van der Waals surface area contributed by atoms with E-state index in [4.69, 9.17) is 4.98 Å². The van der Waals surface area contributed by atoms with Crippen LogP contribution in [-0.4, -0.2) is 14.1 Å². The number of nitrogens with zero attached hydrogens (tertiary/aromatic N) is 3. The molecule has 0 fully saturated rings. The van der Waals surface area contributed by atoms with Gasteiger partial charge in [0.15, 0.2) is 0 Å². The van der Waals surface area contributed by atoms with Gasteiger partial charge < -0.3 is 4.57 Å². The smallest absolute Gasteiger partial charge is 0.140 e. The number of para-hydroxylation sites is 3. The van der Waals surface area contributed by atoms with E-state index >= 15 is 0 Å². The predicted octanol–water partition coefficient (Wildman–Crippen LogP) is 7.71. The zero-order valence-corrected chi connectivity index (χ0v) is 18.4. The average molecular weight is 426 g/mol. The molecule has 0 N–H and O–H groups in total. The Hall–Kier alpha value is -4.37. The highest BCUT2D eigenvalue weighted by Crippen LogP contribution is 2.32. The van der Waals surface area contributed by atoms with E-state index < -0.39 is 0 Å². The summed E-state index contributed by atoms with van der Waals surface area (Å²) in [5.41, 5.74) is 4.64. The van der Waals surface area contributed by atoms with Gasteiger partial charge in [0.25, 0.3) is 0 Å². The minimum absolute atomic E-state index is 0.899. The maximum atomic E-state index is 5.13. The van der Waals surface area contributed by atoms with Gasteiger partial charge in [-0.05, 0) is 37.3 Å². The van der Waals surface area contributed by atoms with Gasteiger partial charge in [-0.15, -0.1) is 0 Å². The maximum Gasteiger partial charge on any atom is 0.140 e. The van der Waals surface area contributed by atoms with Crippen LogP contribution in [0, 0.1) is 0 Å². The highest BCUT2D eigenvalue weighted by molar-refractivity contribution is 6.09. The number of fused-ring (bicyclic) bond motifs is 4. The topological polar surface area (TPSA) is 22.8 Å². The highest BCUT2D eigenvalue weighted by atomic mass is 15.1. The van der Waals surface area contributed by atoms with Crippen LogP contribution in [-0.2, 0) is 0 Å². The van der Waals surface area contributed by atoms with Gasteiger partial charge in [0, 0.05) is 27.9 Å². The first kappa shape index (κ1) is 19.3. The Bertz CT molecular complexity index is 1620. The SMILES string of the molecule is C/C=C\C=C/c1cn(-c2cccc(-n3c4ccccc4c4ccccc43)n2)c2ccccc12. The van der Waals surface area contributed by atoms with E-state index in [1.807, 2.05) is 19.1 Å². The lowest BCUT2D eigenvalue weighted by Gasteiger charge is -2.10. The first-order chi connectivity index (χ1) is 16.3. The maximum absolute atomic E-state index is 5.13. The molecule has 3 aromatic heterocycles. The first-order valence-electron chi connectivity index (χ1n) is 11.2. The normalized spacial score (nSPS) is 12.2. The van der Waals surface area contributed by atoms with E-state index in [1.54, 1.807) is 0 Å². The molecule has 3 nitrogen and oxygen atoms in total. The number of allylic oxidation sites excluding steroid dienone is 3. The number of hydrogen-bond acceptors (Lipinski definition) is 1. The third kappa shape index (κ3) is 3.17. The zero-order valence-electron chi connectivity index (χ0n) is 18.4. The van der Waals surface area contributed by atoms with Crippen molar-refractivity contribution >= 4 is 38.8 Å². The molecule has 3 heterocycles. The lowest BCUT2D eigenvalue weighted by Crippen LogP contribution is -2.02. The van der Waals surface area contributed by atoms with Crippen molar-refractivity contribution in [1.82, 2.24) is 14.1 Å². The summed E-state index contributed by atoms with van der Waals surface area (Å²) >= 11 is 0. The second kappa shape index (κ2) is 7.95. The third-order valence-electron chi connectivity index (χ3n) is 6.10. The molecule has 0 aliphatic rings. The predicted molar refractivity (Wildman–Crippen MR) is 139 cm³/mol. The number of hydrogen-bond donors (Lipinski definition) is 0. The van der Waals surface area contributed by atoms with Gasteiger partial charge in [-0.2, -0.15) is 0 Å². The van der Waals surface area contributed by atoms with Gasteiger partial charge in [-0.25, -0.2) is 4.98 Å². The number of pyridine rings is 1. The molecule has 0 unspecified atom stereocenters. The molecule has 0 aliphatic heterocycles. The van der Waals surface area contributed by atoms with Crippen molar-refractivity contribution in [1.29, 1.82) is 0 Å². The third-order valence-corrected chi connectivity index (χ3v) is 6.10. The van der Waals surface area contributed by atoms with Crippen molar-refractivity contribution in [3.05, 3.63) is 121 Å². The van der Waals surface area contributed by atoms with Gasteiger partial charge in [0.2, 0.25) is 0 Å². The molecule has 0 atom stereocenters. The lowest BCUT2D eigenvalue weighted by molar-refractivity contribution is 0.994. The Kier molecular flexibility index (Phi) is 4.66. The lowest BCUT2D eigenvalue weighted by atomic mass is 10.1. The number of aromatic nitrogens is 3. The summed E-state index contributed by atoms with van der Waals surface area (Å²) in [6.45, 7) is 2.03. The van der Waals surface area contributed by atoms with Gasteiger partial charge in [0.1, 0.15) is 11.6 Å². The van der Waals surface area contributed by atoms with Gasteiger partial charge >= 0.3 is 0 Å². The molecule has 6 rings (SSSR count). The van der Waals surface area contributed by atoms with Crippen LogP contribution in [0.15, 0.2) is 115 Å². The molecule has 0 saturated carbocycles. The fraction of sp³-hybridized carbons (Fsp3) is 0.0333. The van der Waals surface area contributed by atoms with E-state index in [1.165, 1.54) is 21.7 Å². The number of rotatable bonds is 4. The van der Waals surface area contributed by atoms with Crippen LogP contribution >= 0.6 is 0 Å². The summed E-state index contributed by atoms with van der Waals surface area (Å²) in [7, 11) is 0. The quantitative estimate of drug-likeness (QED) is 0.265. The molecule has 6 aromatic rings. The van der Waals surface area contributed by atoms with Crippen molar-refractivity contribution in [2.24, 2.45) is 0 Å². The fourth-order valence-electron chi connectivity index (χ4n) is 4.64. The van der Waals surface area contributed by atoms with Crippen LogP contribution in [0.1, 0.15) is 12.5 Å². The molecule has 33 heavy (non-hydrogen) atoms. The van der Waals surface area contributed by atoms with Gasteiger partial charge in [-0.1, -0.05) is 85.0 Å². The van der Waals surface area contributed by atoms with E-state index in [-0.39, 0.29) is 0 Å². The van der Waals surface area contributed by atoms with E-state index in [0.717, 1.165) is 28.2 Å². The van der Waals surface area contributed by atoms with E-state index in [9.17, 15) is 0 Å². The molecule has 3 aromatic carbocycles. The molecule has 0 radical (unpaired) electrons. The molecule has 0 amide bonds. The van der Waals surface area contributed by atoms with Crippen LogP contribution in [0.4, 0.5) is 0 Å². The van der Waals surface area contributed by atoms with Crippen molar-refractivity contribution in [3.8, 4) is 11.6 Å². The summed E-state index contributed by atoms with van der Waals surface area (Å²) in [6, 6.07) is 31.8. The zero-order chi connectivity index (χ0) is 22.2. The molecule has 3 heteroatoms. The first-order valence-corrected chi connectivity index (χ1v) is 11.2. The molecule has 0 aliphatic carbocycles. The largest absolute Gasteiger partial charge is 0.301 e. The van der Waals surface area contributed by atoms with Gasteiger partial charge in [0.05, 0.1) is 16.6 Å². The average Bonchev–Trinajstić information content (AvgIpc) is 3.41. The fourth-order valence-corrected chi connectivity index (χ4v) is 4.64. The van der Waals surface area contributed by atoms with Crippen LogP contribution in [0.3, 0.4) is 0 Å². The number of benzene rings is 3. The van der Waals surface area contributed by atoms with Crippen LogP contribution in [0.25, 0.3) is 50.4 Å². The Morgan fingerprint density at radius 1 is 0.606 bits per heavy atom. The van der Waals surface area contributed by atoms with Crippen molar-refractivity contribution in [3.63, 3.8) is 0 Å². The molecule has 0 spiro atoms. The highest BCUT2D eigenvalue weighted by Gasteiger charge is 2.14. The molecule has 0 bridgehead atoms. The molecule has 158 valence electrons. The Labute approximate surface area is 192 Å². The summed E-state index contributed by atoms with van der Waals surface area (Å²) in [4.78, 5) is 5.13.